The highest BCUT2D eigenvalue weighted by Gasteiger charge is 2.28. The summed E-state index contributed by atoms with van der Waals surface area (Å²) in [5.41, 5.74) is 0.713. The summed E-state index contributed by atoms with van der Waals surface area (Å²) in [6.07, 6.45) is 0.596. The number of hydrogen-bond acceptors (Lipinski definition) is 4. The minimum atomic E-state index is -1.00. The van der Waals surface area contributed by atoms with Crippen LogP contribution in [0.5, 0.6) is 0 Å². The molecule has 0 saturated carbocycles. The van der Waals surface area contributed by atoms with Gasteiger partial charge in [0.1, 0.15) is 0 Å². The predicted molar refractivity (Wildman–Crippen MR) is 69.9 cm³/mol. The summed E-state index contributed by atoms with van der Waals surface area (Å²) in [4.78, 5) is 23.0. The fraction of sp³-hybridized carbons (Fsp3) is 0.538. The van der Waals surface area contributed by atoms with Crippen molar-refractivity contribution in [2.45, 2.75) is 34.1 Å². The average molecular weight is 265 g/mol. The monoisotopic (exact) mass is 265 g/mol. The van der Waals surface area contributed by atoms with E-state index in [-0.39, 0.29) is 12.5 Å². The number of aliphatic carboxylic acids is 1. The predicted octanol–water partition coefficient (Wildman–Crippen LogP) is 1.19. The first-order valence-corrected chi connectivity index (χ1v) is 6.12. The zero-order chi connectivity index (χ0) is 14.6. The van der Waals surface area contributed by atoms with Gasteiger partial charge >= 0.3 is 5.97 Å². The molecule has 0 fully saturated rings. The van der Waals surface area contributed by atoms with Gasteiger partial charge in [0.25, 0.3) is 5.91 Å². The zero-order valence-electron chi connectivity index (χ0n) is 11.6. The smallest absolute Gasteiger partial charge is 0.310 e. The minimum Gasteiger partial charge on any atom is -0.481 e. The average Bonchev–Trinajstić information content (AvgIpc) is 2.35. The first-order valence-electron chi connectivity index (χ1n) is 6.12. The van der Waals surface area contributed by atoms with Crippen LogP contribution < -0.4 is 5.32 Å². The third-order valence-corrected chi connectivity index (χ3v) is 2.84. The highest BCUT2D eigenvalue weighted by atomic mass is 16.4. The molecule has 1 aromatic heterocycles. The number of nitrogens with one attached hydrogen (secondary N) is 1. The molecule has 0 spiro atoms. The van der Waals surface area contributed by atoms with Gasteiger partial charge in [0.2, 0.25) is 0 Å². The van der Waals surface area contributed by atoms with Crippen LogP contribution >= 0.6 is 0 Å². The van der Waals surface area contributed by atoms with Gasteiger partial charge < -0.3 is 10.4 Å². The van der Waals surface area contributed by atoms with E-state index in [1.54, 1.807) is 26.8 Å². The third kappa shape index (κ3) is 3.74. The van der Waals surface area contributed by atoms with Crippen LogP contribution in [0.2, 0.25) is 0 Å². The van der Waals surface area contributed by atoms with Crippen LogP contribution in [-0.4, -0.2) is 33.7 Å². The van der Waals surface area contributed by atoms with Crippen LogP contribution in [0.15, 0.2) is 6.07 Å². The van der Waals surface area contributed by atoms with E-state index in [4.69, 9.17) is 5.11 Å². The molecule has 0 saturated heterocycles. The summed E-state index contributed by atoms with van der Waals surface area (Å²) in [6.45, 7) is 6.83. The van der Waals surface area contributed by atoms with Gasteiger partial charge in [0, 0.05) is 6.54 Å². The van der Waals surface area contributed by atoms with Crippen molar-refractivity contribution >= 4 is 11.9 Å². The normalized spacial score (nSPS) is 11.2. The van der Waals surface area contributed by atoms with E-state index in [2.05, 4.69) is 15.5 Å². The molecule has 104 valence electrons. The van der Waals surface area contributed by atoms with E-state index >= 15 is 0 Å². The number of amides is 1. The standard InChI is InChI=1S/C13H19N3O3/c1-5-10-9(6-8(2)15-16-10)11(17)14-7-13(3,4)12(18)19/h6H,5,7H2,1-4H3,(H,14,17)(H,18,19). The molecule has 0 aromatic carbocycles. The van der Waals surface area contributed by atoms with Gasteiger partial charge in [0.05, 0.1) is 22.4 Å². The summed E-state index contributed by atoms with van der Waals surface area (Å²) in [7, 11) is 0. The van der Waals surface area contributed by atoms with Crippen LogP contribution in [-0.2, 0) is 11.2 Å². The Morgan fingerprint density at radius 3 is 2.53 bits per heavy atom. The minimum absolute atomic E-state index is 0.0612. The number of rotatable bonds is 5. The second-order valence-corrected chi connectivity index (χ2v) is 5.07. The molecule has 0 aliphatic heterocycles. The van der Waals surface area contributed by atoms with Gasteiger partial charge in [-0.15, -0.1) is 0 Å². The molecule has 2 N–H and O–H groups in total. The Labute approximate surface area is 112 Å². The molecule has 19 heavy (non-hydrogen) atoms. The Hall–Kier alpha value is -1.98. The largest absolute Gasteiger partial charge is 0.481 e. The quantitative estimate of drug-likeness (QED) is 0.834. The number of aryl methyl sites for hydroxylation is 2. The lowest BCUT2D eigenvalue weighted by Crippen LogP contribution is -2.39. The Morgan fingerprint density at radius 1 is 1.37 bits per heavy atom. The molecule has 1 rings (SSSR count). The van der Waals surface area contributed by atoms with Gasteiger partial charge in [-0.2, -0.15) is 10.2 Å². The number of carboxylic acids is 1. The van der Waals surface area contributed by atoms with E-state index in [1.165, 1.54) is 0 Å². The molecule has 0 bridgehead atoms. The molecule has 0 atom stereocenters. The van der Waals surface area contributed by atoms with Crippen LogP contribution in [0.25, 0.3) is 0 Å². The topological polar surface area (TPSA) is 92.2 Å². The molecular weight excluding hydrogens is 246 g/mol. The number of nitrogens with zero attached hydrogens (tertiary/aromatic N) is 2. The van der Waals surface area contributed by atoms with Crippen molar-refractivity contribution in [3.63, 3.8) is 0 Å². The van der Waals surface area contributed by atoms with Crippen LogP contribution in [0, 0.1) is 12.3 Å². The van der Waals surface area contributed by atoms with E-state index in [9.17, 15) is 9.59 Å². The molecule has 6 nitrogen and oxygen atoms in total. The maximum Gasteiger partial charge on any atom is 0.310 e. The van der Waals surface area contributed by atoms with Crippen molar-refractivity contribution in [1.82, 2.24) is 15.5 Å². The molecule has 0 aliphatic carbocycles. The number of hydrogen-bond donors (Lipinski definition) is 2. The Morgan fingerprint density at radius 2 is 2.00 bits per heavy atom. The molecular formula is C13H19N3O3. The van der Waals surface area contributed by atoms with E-state index in [0.717, 1.165) is 0 Å². The Balaban J connectivity index is 2.84. The maximum atomic E-state index is 12.1. The first kappa shape index (κ1) is 15.1. The van der Waals surface area contributed by atoms with Gasteiger partial charge in [-0.3, -0.25) is 9.59 Å². The van der Waals surface area contributed by atoms with Gasteiger partial charge in [-0.25, -0.2) is 0 Å². The lowest BCUT2D eigenvalue weighted by atomic mass is 9.94. The first-order chi connectivity index (χ1) is 8.77. The molecule has 0 aliphatic rings. The number of aromatic nitrogens is 2. The van der Waals surface area contributed by atoms with E-state index in [1.807, 2.05) is 6.92 Å². The van der Waals surface area contributed by atoms with Gasteiger partial charge in [-0.05, 0) is 33.3 Å². The number of carbonyl (C=O) groups excluding carboxylic acids is 1. The SMILES string of the molecule is CCc1nnc(C)cc1C(=O)NCC(C)(C)C(=O)O. The van der Waals surface area contributed by atoms with Crippen LogP contribution in [0.3, 0.4) is 0 Å². The zero-order valence-corrected chi connectivity index (χ0v) is 11.6. The molecule has 0 unspecified atom stereocenters. The molecule has 1 aromatic rings. The fourth-order valence-electron chi connectivity index (χ4n) is 1.44. The number of carbonyl (C=O) groups is 2. The summed E-state index contributed by atoms with van der Waals surface area (Å²) in [6, 6.07) is 1.66. The van der Waals surface area contributed by atoms with Gasteiger partial charge in [-0.1, -0.05) is 6.92 Å². The third-order valence-electron chi connectivity index (χ3n) is 2.84. The van der Waals surface area contributed by atoms with Crippen LogP contribution in [0.4, 0.5) is 0 Å². The second kappa shape index (κ2) is 5.77. The molecule has 1 heterocycles. The molecule has 6 heteroatoms. The summed E-state index contributed by atoms with van der Waals surface area (Å²) in [5, 5.41) is 19.5. The summed E-state index contributed by atoms with van der Waals surface area (Å²) in [5.74, 6) is -1.27. The molecule has 1 amide bonds. The molecule has 0 radical (unpaired) electrons. The highest BCUT2D eigenvalue weighted by Crippen LogP contribution is 2.14. The van der Waals surface area contributed by atoms with Gasteiger partial charge in [0.15, 0.2) is 0 Å². The Bertz CT molecular complexity index is 498. The van der Waals surface area contributed by atoms with Crippen molar-refractivity contribution < 1.29 is 14.7 Å². The van der Waals surface area contributed by atoms with Crippen molar-refractivity contribution in [2.75, 3.05) is 6.54 Å². The maximum absolute atomic E-state index is 12.1. The lowest BCUT2D eigenvalue weighted by Gasteiger charge is -2.19. The van der Waals surface area contributed by atoms with E-state index in [0.29, 0.717) is 23.4 Å². The lowest BCUT2D eigenvalue weighted by molar-refractivity contribution is -0.146. The van der Waals surface area contributed by atoms with Crippen molar-refractivity contribution in [3.05, 3.63) is 23.0 Å². The highest BCUT2D eigenvalue weighted by molar-refractivity contribution is 5.95. The summed E-state index contributed by atoms with van der Waals surface area (Å²) >= 11 is 0. The number of carboxylic acid groups (broad SMARTS) is 1. The van der Waals surface area contributed by atoms with Crippen molar-refractivity contribution in [1.29, 1.82) is 0 Å². The van der Waals surface area contributed by atoms with Crippen molar-refractivity contribution in [2.24, 2.45) is 5.41 Å². The van der Waals surface area contributed by atoms with Crippen molar-refractivity contribution in [3.8, 4) is 0 Å². The van der Waals surface area contributed by atoms with E-state index < -0.39 is 11.4 Å². The summed E-state index contributed by atoms with van der Waals surface area (Å²) < 4.78 is 0. The Kier molecular flexibility index (Phi) is 4.58. The second-order valence-electron chi connectivity index (χ2n) is 5.07. The van der Waals surface area contributed by atoms with Crippen LogP contribution in [0.1, 0.15) is 42.5 Å². The fourth-order valence-corrected chi connectivity index (χ4v) is 1.44.